The van der Waals surface area contributed by atoms with E-state index in [9.17, 15) is 19.2 Å². The van der Waals surface area contributed by atoms with Crippen LogP contribution >= 0.6 is 0 Å². The number of rotatable bonds is 0. The number of fused-ring (bicyclic) bond motifs is 4. The number of hydrogen-bond acceptors (Lipinski definition) is 8. The van der Waals surface area contributed by atoms with E-state index < -0.39 is 0 Å². The second kappa shape index (κ2) is 13.4. The predicted octanol–water partition coefficient (Wildman–Crippen LogP) is 2.98. The van der Waals surface area contributed by atoms with Gasteiger partial charge in [0.1, 0.15) is 11.4 Å². The van der Waals surface area contributed by atoms with Gasteiger partial charge in [-0.15, -0.1) is 0 Å². The third kappa shape index (κ3) is 5.70. The SMILES string of the molecule is O=C1NC(=O)C2=C1c1c([nH]c3ccccc13)CCCCCc1[nH]c3ccccc3c1C1=C(C(=O)NC1=O)N1CCN(CCCN3CCN2CC3)CC1. The molecule has 4 N–H and O–H groups in total. The number of carbonyl (C=O) groups excluding carboxylic acids is 4. The molecule has 12 nitrogen and oxygen atoms in total. The lowest BCUT2D eigenvalue weighted by Crippen LogP contribution is -2.49. The summed E-state index contributed by atoms with van der Waals surface area (Å²) in [5.41, 5.74) is 7.45. The minimum Gasteiger partial charge on any atom is -0.364 e. The number of H-pyrrole nitrogens is 2. The summed E-state index contributed by atoms with van der Waals surface area (Å²) in [5, 5.41) is 7.16. The summed E-state index contributed by atoms with van der Waals surface area (Å²) < 4.78 is 0. The van der Waals surface area contributed by atoms with Crippen LogP contribution in [-0.4, -0.2) is 119 Å². The first-order valence-corrected chi connectivity index (χ1v) is 18.8. The number of hydrogen-bond donors (Lipinski definition) is 4. The van der Waals surface area contributed by atoms with E-state index in [0.29, 0.717) is 61.6 Å². The molecular formula is C40H44N8O4. The first-order valence-electron chi connectivity index (χ1n) is 18.8. The summed E-state index contributed by atoms with van der Waals surface area (Å²) in [4.78, 5) is 70.3. The minimum atomic E-state index is -0.329. The lowest BCUT2D eigenvalue weighted by atomic mass is 9.96. The van der Waals surface area contributed by atoms with Gasteiger partial charge in [0.25, 0.3) is 23.6 Å². The molecule has 4 bridgehead atoms. The number of nitrogens with zero attached hydrogens (tertiary/aromatic N) is 4. The number of aromatic nitrogens is 2. The monoisotopic (exact) mass is 700 g/mol. The Labute approximate surface area is 301 Å². The Balaban J connectivity index is 1.07. The molecule has 2 aromatic heterocycles. The van der Waals surface area contributed by atoms with E-state index in [1.54, 1.807) is 0 Å². The van der Waals surface area contributed by atoms with Gasteiger partial charge in [0.15, 0.2) is 0 Å². The van der Waals surface area contributed by atoms with Crippen LogP contribution in [0.2, 0.25) is 0 Å². The molecule has 2 aromatic carbocycles. The lowest BCUT2D eigenvalue weighted by Gasteiger charge is -2.38. The molecule has 9 heterocycles. The van der Waals surface area contributed by atoms with Crippen molar-refractivity contribution in [3.63, 3.8) is 0 Å². The molecule has 0 aliphatic carbocycles. The highest BCUT2D eigenvalue weighted by atomic mass is 16.2. The van der Waals surface area contributed by atoms with Gasteiger partial charge in [-0.25, -0.2) is 0 Å². The maximum absolute atomic E-state index is 13.6. The fourth-order valence-corrected chi connectivity index (χ4v) is 8.99. The van der Waals surface area contributed by atoms with Gasteiger partial charge in [-0.3, -0.25) is 39.6 Å². The smallest absolute Gasteiger partial charge is 0.275 e. The highest BCUT2D eigenvalue weighted by Crippen LogP contribution is 2.38. The van der Waals surface area contributed by atoms with Crippen molar-refractivity contribution >= 4 is 56.6 Å². The number of piperazine rings is 2. The lowest BCUT2D eigenvalue weighted by molar-refractivity contribution is -0.126. The summed E-state index contributed by atoms with van der Waals surface area (Å²) in [6.45, 7) is 7.93. The van der Waals surface area contributed by atoms with E-state index in [-0.39, 0.29) is 23.6 Å². The zero-order valence-corrected chi connectivity index (χ0v) is 29.4. The molecule has 7 aliphatic heterocycles. The van der Waals surface area contributed by atoms with Gasteiger partial charge in [-0.05, 0) is 57.3 Å². The van der Waals surface area contributed by atoms with Crippen molar-refractivity contribution < 1.29 is 19.2 Å². The molecule has 2 saturated heterocycles. The largest absolute Gasteiger partial charge is 0.364 e. The van der Waals surface area contributed by atoms with Crippen LogP contribution in [0.3, 0.4) is 0 Å². The van der Waals surface area contributed by atoms with E-state index in [0.717, 1.165) is 109 Å². The number of aryl methyl sites for hydroxylation is 2. The van der Waals surface area contributed by atoms with Crippen LogP contribution in [0.1, 0.15) is 48.2 Å². The molecule has 7 aliphatic rings. The van der Waals surface area contributed by atoms with E-state index >= 15 is 0 Å². The summed E-state index contributed by atoms with van der Waals surface area (Å²) in [7, 11) is 0. The molecule has 2 fully saturated rings. The van der Waals surface area contributed by atoms with Gasteiger partial charge >= 0.3 is 0 Å². The minimum absolute atomic E-state index is 0.310. The highest BCUT2D eigenvalue weighted by molar-refractivity contribution is 6.38. The zero-order valence-electron chi connectivity index (χ0n) is 29.4. The average Bonchev–Trinajstić information content (AvgIpc) is 3.86. The Hall–Kier alpha value is -5.20. The Kier molecular flexibility index (Phi) is 8.43. The van der Waals surface area contributed by atoms with Crippen LogP contribution in [0.15, 0.2) is 59.9 Å². The third-order valence-electron chi connectivity index (χ3n) is 11.6. The fourth-order valence-electron chi connectivity index (χ4n) is 8.99. The topological polar surface area (TPSA) is 137 Å². The second-order valence-corrected chi connectivity index (χ2v) is 14.6. The number of para-hydroxylation sites is 2. The summed E-state index contributed by atoms with van der Waals surface area (Å²) in [5.74, 6) is -1.28. The van der Waals surface area contributed by atoms with Crippen molar-refractivity contribution in [3.05, 3.63) is 82.4 Å². The van der Waals surface area contributed by atoms with E-state index in [1.165, 1.54) is 0 Å². The van der Waals surface area contributed by atoms with Crippen molar-refractivity contribution in [1.29, 1.82) is 0 Å². The Bertz CT molecular complexity index is 2020. The molecule has 4 aromatic rings. The first kappa shape index (κ1) is 32.7. The molecule has 0 unspecified atom stereocenters. The zero-order chi connectivity index (χ0) is 35.3. The molecule has 0 spiro atoms. The van der Waals surface area contributed by atoms with E-state index in [1.807, 2.05) is 48.5 Å². The highest BCUT2D eigenvalue weighted by Gasteiger charge is 2.40. The van der Waals surface area contributed by atoms with Crippen LogP contribution < -0.4 is 10.6 Å². The van der Waals surface area contributed by atoms with Gasteiger partial charge in [-0.2, -0.15) is 0 Å². The number of imide groups is 2. The first-order chi connectivity index (χ1) is 25.4. The normalized spacial score (nSPS) is 23.5. The Morgan fingerprint density at radius 1 is 0.442 bits per heavy atom. The third-order valence-corrected chi connectivity index (χ3v) is 11.6. The molecule has 0 atom stereocenters. The molecule has 0 saturated carbocycles. The fraction of sp³-hybridized carbons (Fsp3) is 0.400. The summed E-state index contributed by atoms with van der Waals surface area (Å²) >= 11 is 0. The maximum atomic E-state index is 13.6. The van der Waals surface area contributed by atoms with Gasteiger partial charge in [-0.1, -0.05) is 42.8 Å². The quantitative estimate of drug-likeness (QED) is 0.206. The van der Waals surface area contributed by atoms with Crippen LogP contribution in [-0.2, 0) is 32.0 Å². The standard InChI is InChI=1S/C40H44N8O4/c49-37-33-31-25-9-4-6-11-27(25)41-29(31)13-2-1-3-14-30-32(26-10-5-7-12-28(26)42-30)34-36(40(52)44-38(34)50)48-23-19-46(20-24-48)16-8-15-45-17-21-47(22-18-45)35(33)39(51)43-37/h4-7,9-12,41-42H,1-3,8,13-24H2,(H,43,49,51)(H,44,50,52). The molecule has 52 heavy (non-hydrogen) atoms. The average molecular weight is 701 g/mol. The van der Waals surface area contributed by atoms with Crippen molar-refractivity contribution in [1.82, 2.24) is 40.2 Å². The predicted molar refractivity (Wildman–Crippen MR) is 199 cm³/mol. The van der Waals surface area contributed by atoms with Crippen molar-refractivity contribution in [3.8, 4) is 0 Å². The number of aromatic amines is 2. The number of nitrogens with one attached hydrogen (secondary N) is 4. The maximum Gasteiger partial charge on any atom is 0.275 e. The number of amides is 4. The van der Waals surface area contributed by atoms with Crippen molar-refractivity contribution in [2.45, 2.75) is 38.5 Å². The molecule has 12 heteroatoms. The molecule has 0 radical (unpaired) electrons. The summed E-state index contributed by atoms with van der Waals surface area (Å²) in [6.07, 6.45) is 5.08. The van der Waals surface area contributed by atoms with Crippen molar-refractivity contribution in [2.24, 2.45) is 0 Å². The van der Waals surface area contributed by atoms with E-state index in [4.69, 9.17) is 0 Å². The summed E-state index contributed by atoms with van der Waals surface area (Å²) in [6, 6.07) is 16.0. The number of benzene rings is 2. The van der Waals surface area contributed by atoms with Crippen LogP contribution in [0, 0.1) is 0 Å². The van der Waals surface area contributed by atoms with Gasteiger partial charge in [0, 0.05) is 96.7 Å². The Morgan fingerprint density at radius 3 is 1.31 bits per heavy atom. The molecular weight excluding hydrogens is 656 g/mol. The van der Waals surface area contributed by atoms with Crippen LogP contribution in [0.25, 0.3) is 33.0 Å². The molecule has 4 amide bonds. The van der Waals surface area contributed by atoms with Crippen LogP contribution in [0.5, 0.6) is 0 Å². The number of carbonyl (C=O) groups is 4. The Morgan fingerprint density at radius 2 is 0.865 bits per heavy atom. The van der Waals surface area contributed by atoms with Crippen LogP contribution in [0.4, 0.5) is 0 Å². The van der Waals surface area contributed by atoms with Crippen molar-refractivity contribution in [2.75, 3.05) is 65.4 Å². The van der Waals surface area contributed by atoms with E-state index in [2.05, 4.69) is 40.2 Å². The molecule has 11 rings (SSSR count). The van der Waals surface area contributed by atoms with Gasteiger partial charge in [0.05, 0.1) is 11.1 Å². The molecule has 268 valence electrons. The van der Waals surface area contributed by atoms with Gasteiger partial charge < -0.3 is 19.8 Å². The van der Waals surface area contributed by atoms with Gasteiger partial charge in [0.2, 0.25) is 0 Å². The second-order valence-electron chi connectivity index (χ2n) is 14.6.